The molecule has 0 bridgehead atoms. The third-order valence-corrected chi connectivity index (χ3v) is 3.86. The summed E-state index contributed by atoms with van der Waals surface area (Å²) in [5.74, 6) is -5.92. The number of hydrogen-bond acceptors (Lipinski definition) is 6. The molecule has 156 valence electrons. The Morgan fingerprint density at radius 3 is 2.22 bits per heavy atom. The van der Waals surface area contributed by atoms with Crippen molar-refractivity contribution in [3.63, 3.8) is 0 Å². The number of esters is 1. The van der Waals surface area contributed by atoms with E-state index in [9.17, 15) is 35.9 Å². The maximum Gasteiger partial charge on any atom is 0.490 e. The van der Waals surface area contributed by atoms with Gasteiger partial charge in [-0.15, -0.1) is 0 Å². The van der Waals surface area contributed by atoms with Crippen molar-refractivity contribution in [1.29, 1.82) is 0 Å². The molecular formula is C14H17F6NO6. The summed E-state index contributed by atoms with van der Waals surface area (Å²) < 4.78 is 95.4. The minimum absolute atomic E-state index is 0.0993. The van der Waals surface area contributed by atoms with E-state index in [0.29, 0.717) is 0 Å². The van der Waals surface area contributed by atoms with Gasteiger partial charge in [0.15, 0.2) is 12.1 Å². The molecule has 0 spiro atoms. The minimum atomic E-state index is -5.37. The second-order valence-corrected chi connectivity index (χ2v) is 6.58. The van der Waals surface area contributed by atoms with E-state index in [1.165, 1.54) is 0 Å². The van der Waals surface area contributed by atoms with Crippen molar-refractivity contribution in [2.45, 2.75) is 63.0 Å². The van der Waals surface area contributed by atoms with Crippen molar-refractivity contribution in [2.75, 3.05) is 13.6 Å². The molecule has 0 aliphatic carbocycles. The molecule has 0 aromatic heterocycles. The average molecular weight is 409 g/mol. The topological polar surface area (TPSA) is 74.3 Å². The van der Waals surface area contributed by atoms with Gasteiger partial charge in [0.05, 0.1) is 6.54 Å². The molecule has 27 heavy (non-hydrogen) atoms. The number of hydrogen-bond donors (Lipinski definition) is 0. The quantitative estimate of drug-likeness (QED) is 0.520. The van der Waals surface area contributed by atoms with Gasteiger partial charge in [-0.1, -0.05) is 0 Å². The SMILES string of the molecule is CN(C[C@H](OC(=O)C(F)(F)F)[C@@H]1C[C@H]2OC(C)(C)O[C@H]2O1)C(=O)C(F)(F)F. The third kappa shape index (κ3) is 5.23. The van der Waals surface area contributed by atoms with Crippen LogP contribution in [0.25, 0.3) is 0 Å². The van der Waals surface area contributed by atoms with E-state index in [4.69, 9.17) is 14.2 Å². The van der Waals surface area contributed by atoms with Gasteiger partial charge in [-0.3, -0.25) is 4.79 Å². The van der Waals surface area contributed by atoms with Crippen LogP contribution in [0.4, 0.5) is 26.3 Å². The molecule has 0 unspecified atom stereocenters. The summed E-state index contributed by atoms with van der Waals surface area (Å²) in [7, 11) is 0.718. The minimum Gasteiger partial charge on any atom is -0.451 e. The van der Waals surface area contributed by atoms with Gasteiger partial charge in [0.1, 0.15) is 18.3 Å². The smallest absolute Gasteiger partial charge is 0.451 e. The van der Waals surface area contributed by atoms with E-state index in [1.54, 1.807) is 13.8 Å². The summed E-state index contributed by atoms with van der Waals surface area (Å²) in [6.07, 6.45) is -15.5. The standard InChI is InChI=1S/C14H17F6NO6/c1-12(2)26-7-4-6(24-9(7)27-12)8(25-11(23)14(18,19)20)5-21(3)10(22)13(15,16)17/h6-9H,4-5H2,1-3H3/t6-,7+,8-,9+/m0/s1. The maximum absolute atomic E-state index is 12.5. The highest BCUT2D eigenvalue weighted by Crippen LogP contribution is 2.39. The fourth-order valence-electron chi connectivity index (χ4n) is 2.78. The summed E-state index contributed by atoms with van der Waals surface area (Å²) >= 11 is 0. The Bertz CT molecular complexity index is 576. The van der Waals surface area contributed by atoms with Gasteiger partial charge in [0.25, 0.3) is 0 Å². The van der Waals surface area contributed by atoms with Gasteiger partial charge in [-0.05, 0) is 13.8 Å². The van der Waals surface area contributed by atoms with E-state index >= 15 is 0 Å². The monoisotopic (exact) mass is 409 g/mol. The van der Waals surface area contributed by atoms with E-state index < -0.39 is 61.2 Å². The van der Waals surface area contributed by atoms with Crippen LogP contribution >= 0.6 is 0 Å². The Labute approximate surface area is 149 Å². The van der Waals surface area contributed by atoms with Crippen LogP contribution in [0.5, 0.6) is 0 Å². The van der Waals surface area contributed by atoms with Crippen molar-refractivity contribution in [2.24, 2.45) is 0 Å². The summed E-state index contributed by atoms with van der Waals surface area (Å²) in [6, 6.07) is 0. The molecule has 2 aliphatic heterocycles. The van der Waals surface area contributed by atoms with Crippen LogP contribution in [0.1, 0.15) is 20.3 Å². The lowest BCUT2D eigenvalue weighted by molar-refractivity contribution is -0.230. The van der Waals surface area contributed by atoms with Gasteiger partial charge in [0, 0.05) is 13.5 Å². The highest BCUT2D eigenvalue weighted by Gasteiger charge is 2.53. The molecule has 2 heterocycles. The van der Waals surface area contributed by atoms with Crippen LogP contribution in [0.3, 0.4) is 0 Å². The summed E-state index contributed by atoms with van der Waals surface area (Å²) in [4.78, 5) is 22.5. The molecule has 2 rings (SSSR count). The zero-order chi connectivity index (χ0) is 20.8. The van der Waals surface area contributed by atoms with E-state index in [0.717, 1.165) is 7.05 Å². The van der Waals surface area contributed by atoms with Crippen molar-refractivity contribution < 1.29 is 54.9 Å². The van der Waals surface area contributed by atoms with Crippen LogP contribution in [-0.4, -0.2) is 73.1 Å². The average Bonchev–Trinajstić information content (AvgIpc) is 2.96. The number of halogens is 6. The number of rotatable bonds is 4. The Balaban J connectivity index is 2.12. The van der Waals surface area contributed by atoms with Crippen molar-refractivity contribution >= 4 is 11.9 Å². The first-order chi connectivity index (χ1) is 12.1. The van der Waals surface area contributed by atoms with E-state index in [-0.39, 0.29) is 11.3 Å². The largest absolute Gasteiger partial charge is 0.490 e. The lowest BCUT2D eigenvalue weighted by atomic mass is 10.1. The fourth-order valence-corrected chi connectivity index (χ4v) is 2.78. The summed E-state index contributed by atoms with van der Waals surface area (Å²) in [6.45, 7) is 2.18. The molecular weight excluding hydrogens is 392 g/mol. The van der Waals surface area contributed by atoms with Crippen LogP contribution < -0.4 is 0 Å². The lowest BCUT2D eigenvalue weighted by Gasteiger charge is -2.29. The number of nitrogens with zero attached hydrogens (tertiary/aromatic N) is 1. The predicted molar refractivity (Wildman–Crippen MR) is 72.9 cm³/mol. The van der Waals surface area contributed by atoms with Crippen molar-refractivity contribution in [1.82, 2.24) is 4.90 Å². The molecule has 2 aliphatic rings. The third-order valence-electron chi connectivity index (χ3n) is 3.86. The second-order valence-electron chi connectivity index (χ2n) is 6.58. The second kappa shape index (κ2) is 7.09. The highest BCUT2D eigenvalue weighted by atomic mass is 19.4. The first-order valence-electron chi connectivity index (χ1n) is 7.71. The molecule has 4 atom stereocenters. The van der Waals surface area contributed by atoms with E-state index in [2.05, 4.69) is 4.74 Å². The van der Waals surface area contributed by atoms with Crippen molar-refractivity contribution in [3.05, 3.63) is 0 Å². The first-order valence-corrected chi connectivity index (χ1v) is 7.71. The van der Waals surface area contributed by atoms with Crippen LogP contribution in [-0.2, 0) is 28.5 Å². The maximum atomic E-state index is 12.5. The normalized spacial score (nSPS) is 28.6. The number of alkyl halides is 6. The molecule has 7 nitrogen and oxygen atoms in total. The van der Waals surface area contributed by atoms with Gasteiger partial charge in [-0.25, -0.2) is 4.79 Å². The molecule has 0 N–H and O–H groups in total. The molecule has 0 aromatic carbocycles. The highest BCUT2D eigenvalue weighted by molar-refractivity contribution is 5.81. The number of carbonyl (C=O) groups is 2. The van der Waals surface area contributed by atoms with Crippen LogP contribution in [0.2, 0.25) is 0 Å². The first kappa shape index (κ1) is 21.7. The summed E-state index contributed by atoms with van der Waals surface area (Å²) in [5.41, 5.74) is 0. The Morgan fingerprint density at radius 1 is 1.15 bits per heavy atom. The van der Waals surface area contributed by atoms with E-state index in [1.807, 2.05) is 0 Å². The lowest BCUT2D eigenvalue weighted by Crippen LogP contribution is -2.48. The number of likely N-dealkylation sites (N-methyl/N-ethyl adjacent to an activating group) is 1. The zero-order valence-electron chi connectivity index (χ0n) is 14.4. The Hall–Kier alpha value is -1.60. The summed E-state index contributed by atoms with van der Waals surface area (Å²) in [5, 5.41) is 0. The molecule has 1 amide bonds. The molecule has 2 saturated heterocycles. The van der Waals surface area contributed by atoms with Crippen LogP contribution in [0, 0.1) is 0 Å². The van der Waals surface area contributed by atoms with Gasteiger partial charge >= 0.3 is 24.2 Å². The molecule has 0 radical (unpaired) electrons. The Morgan fingerprint density at radius 2 is 1.74 bits per heavy atom. The van der Waals surface area contributed by atoms with Gasteiger partial charge < -0.3 is 23.8 Å². The predicted octanol–water partition coefficient (Wildman–Crippen LogP) is 1.75. The number of carbonyl (C=O) groups excluding carboxylic acids is 2. The molecule has 13 heteroatoms. The Kier molecular flexibility index (Phi) is 5.70. The molecule has 0 saturated carbocycles. The fraction of sp³-hybridized carbons (Fsp3) is 0.857. The van der Waals surface area contributed by atoms with Crippen molar-refractivity contribution in [3.8, 4) is 0 Å². The molecule has 0 aromatic rings. The van der Waals surface area contributed by atoms with Gasteiger partial charge in [-0.2, -0.15) is 26.3 Å². The molecule has 2 fully saturated rings. The number of amides is 1. The number of fused-ring (bicyclic) bond motifs is 1. The van der Waals surface area contributed by atoms with Crippen LogP contribution in [0.15, 0.2) is 0 Å². The zero-order valence-corrected chi connectivity index (χ0v) is 14.4. The van der Waals surface area contributed by atoms with Gasteiger partial charge in [0.2, 0.25) is 0 Å². The number of ether oxygens (including phenoxy) is 4.